The fraction of sp³-hybridized carbons (Fsp3) is 0.545. The number of anilines is 1. The van der Waals surface area contributed by atoms with Crippen LogP contribution in [-0.2, 0) is 25.6 Å². The molecule has 1 amide bonds. The number of morpholine rings is 1. The number of aromatic nitrogens is 2. The Bertz CT molecular complexity index is 473. The molecule has 1 atom stereocenters. The van der Waals surface area contributed by atoms with Crippen LogP contribution in [-0.4, -0.2) is 59.5 Å². The average Bonchev–Trinajstić information content (AvgIpc) is 2.83. The number of amides is 1. The highest BCUT2D eigenvalue weighted by molar-refractivity contribution is 5.79. The van der Waals surface area contributed by atoms with E-state index in [1.165, 1.54) is 11.8 Å². The monoisotopic (exact) mass is 268 g/mol. The standard InChI is InChI=1S/C11H16N4O4/c1-18-11(17)8-6-14(4-5-19-8)10(16)7-15-3-2-9(12)13-15/h2-3,8H,4-7H2,1H3,(H2,12,13). The fourth-order valence-electron chi connectivity index (χ4n) is 1.85. The first-order valence-corrected chi connectivity index (χ1v) is 5.86. The van der Waals surface area contributed by atoms with Crippen molar-refractivity contribution in [1.29, 1.82) is 0 Å². The Morgan fingerprint density at radius 2 is 2.42 bits per heavy atom. The first-order valence-electron chi connectivity index (χ1n) is 5.86. The van der Waals surface area contributed by atoms with Crippen LogP contribution in [0.5, 0.6) is 0 Å². The Hall–Kier alpha value is -2.09. The van der Waals surface area contributed by atoms with E-state index in [0.717, 1.165) is 0 Å². The van der Waals surface area contributed by atoms with Gasteiger partial charge in [-0.25, -0.2) is 4.79 Å². The Kier molecular flexibility index (Phi) is 4.00. The molecule has 1 aliphatic rings. The number of carbonyl (C=O) groups is 2. The third kappa shape index (κ3) is 3.22. The molecule has 1 aromatic heterocycles. The van der Waals surface area contributed by atoms with Gasteiger partial charge in [0.2, 0.25) is 5.91 Å². The largest absolute Gasteiger partial charge is 0.467 e. The van der Waals surface area contributed by atoms with Crippen molar-refractivity contribution in [2.75, 3.05) is 32.5 Å². The van der Waals surface area contributed by atoms with Crippen LogP contribution in [0.1, 0.15) is 0 Å². The molecule has 0 spiro atoms. The predicted molar refractivity (Wildman–Crippen MR) is 65.0 cm³/mol. The lowest BCUT2D eigenvalue weighted by Crippen LogP contribution is -2.49. The highest BCUT2D eigenvalue weighted by atomic mass is 16.6. The summed E-state index contributed by atoms with van der Waals surface area (Å²) in [5, 5.41) is 3.94. The van der Waals surface area contributed by atoms with Gasteiger partial charge in [-0.05, 0) is 6.07 Å². The summed E-state index contributed by atoms with van der Waals surface area (Å²) in [7, 11) is 1.29. The molecule has 2 heterocycles. The van der Waals surface area contributed by atoms with E-state index >= 15 is 0 Å². The van der Waals surface area contributed by atoms with Crippen molar-refractivity contribution in [3.8, 4) is 0 Å². The highest BCUT2D eigenvalue weighted by Gasteiger charge is 2.29. The van der Waals surface area contributed by atoms with Gasteiger partial charge >= 0.3 is 5.97 Å². The molecular weight excluding hydrogens is 252 g/mol. The number of carbonyl (C=O) groups excluding carboxylic acids is 2. The van der Waals surface area contributed by atoms with E-state index in [0.29, 0.717) is 19.0 Å². The third-order valence-corrected chi connectivity index (χ3v) is 2.84. The fourth-order valence-corrected chi connectivity index (χ4v) is 1.85. The average molecular weight is 268 g/mol. The van der Waals surface area contributed by atoms with E-state index < -0.39 is 12.1 Å². The van der Waals surface area contributed by atoms with Gasteiger partial charge in [-0.2, -0.15) is 5.10 Å². The molecule has 0 bridgehead atoms. The van der Waals surface area contributed by atoms with Gasteiger partial charge in [0.05, 0.1) is 20.3 Å². The Labute approximate surface area is 110 Å². The number of ether oxygens (including phenoxy) is 2. The van der Waals surface area contributed by atoms with Crippen LogP contribution in [0.2, 0.25) is 0 Å². The molecule has 1 saturated heterocycles. The van der Waals surface area contributed by atoms with Crippen LogP contribution in [0.3, 0.4) is 0 Å². The molecule has 19 heavy (non-hydrogen) atoms. The summed E-state index contributed by atoms with van der Waals surface area (Å²) in [6.07, 6.45) is 0.913. The minimum absolute atomic E-state index is 0.0884. The zero-order valence-corrected chi connectivity index (χ0v) is 10.6. The van der Waals surface area contributed by atoms with Crippen LogP contribution < -0.4 is 5.73 Å². The second kappa shape index (κ2) is 5.70. The number of hydrogen-bond acceptors (Lipinski definition) is 6. The van der Waals surface area contributed by atoms with E-state index in [2.05, 4.69) is 9.84 Å². The molecule has 1 fully saturated rings. The van der Waals surface area contributed by atoms with E-state index in [1.54, 1.807) is 17.2 Å². The number of hydrogen-bond donors (Lipinski definition) is 1. The molecule has 1 unspecified atom stereocenters. The summed E-state index contributed by atoms with van der Waals surface area (Å²) in [6.45, 7) is 1.04. The van der Waals surface area contributed by atoms with E-state index in [9.17, 15) is 9.59 Å². The molecule has 0 radical (unpaired) electrons. The van der Waals surface area contributed by atoms with Crippen molar-refractivity contribution < 1.29 is 19.1 Å². The van der Waals surface area contributed by atoms with E-state index in [1.807, 2.05) is 0 Å². The Morgan fingerprint density at radius 1 is 1.63 bits per heavy atom. The van der Waals surface area contributed by atoms with Gasteiger partial charge in [0, 0.05) is 12.7 Å². The smallest absolute Gasteiger partial charge is 0.336 e. The van der Waals surface area contributed by atoms with Gasteiger partial charge in [0.1, 0.15) is 12.4 Å². The summed E-state index contributed by atoms with van der Waals surface area (Å²) in [4.78, 5) is 25.0. The van der Waals surface area contributed by atoms with Gasteiger partial charge in [-0.1, -0.05) is 0 Å². The number of nitrogens with two attached hydrogens (primary N) is 1. The van der Waals surface area contributed by atoms with Crippen LogP contribution in [0.15, 0.2) is 12.3 Å². The third-order valence-electron chi connectivity index (χ3n) is 2.84. The first kappa shape index (κ1) is 13.3. The van der Waals surface area contributed by atoms with Crippen LogP contribution >= 0.6 is 0 Å². The van der Waals surface area contributed by atoms with Crippen LogP contribution in [0, 0.1) is 0 Å². The molecule has 8 heteroatoms. The second-order valence-electron chi connectivity index (χ2n) is 4.16. The zero-order chi connectivity index (χ0) is 13.8. The lowest BCUT2D eigenvalue weighted by atomic mass is 10.2. The van der Waals surface area contributed by atoms with Crippen molar-refractivity contribution in [3.63, 3.8) is 0 Å². The minimum Gasteiger partial charge on any atom is -0.467 e. The molecule has 0 saturated carbocycles. The summed E-state index contributed by atoms with van der Waals surface area (Å²) in [5.41, 5.74) is 5.47. The summed E-state index contributed by atoms with van der Waals surface area (Å²) >= 11 is 0. The molecule has 0 aliphatic carbocycles. The second-order valence-corrected chi connectivity index (χ2v) is 4.16. The van der Waals surface area contributed by atoms with Crippen LogP contribution in [0.4, 0.5) is 5.82 Å². The van der Waals surface area contributed by atoms with Crippen molar-refractivity contribution in [3.05, 3.63) is 12.3 Å². The van der Waals surface area contributed by atoms with E-state index in [4.69, 9.17) is 10.5 Å². The molecule has 1 aliphatic heterocycles. The molecule has 104 valence electrons. The van der Waals surface area contributed by atoms with E-state index in [-0.39, 0.29) is 19.0 Å². The highest BCUT2D eigenvalue weighted by Crippen LogP contribution is 2.08. The minimum atomic E-state index is -0.717. The van der Waals surface area contributed by atoms with Gasteiger partial charge in [0.15, 0.2) is 6.10 Å². The molecule has 0 aromatic carbocycles. The maximum absolute atomic E-state index is 12.0. The van der Waals surface area contributed by atoms with Crippen molar-refractivity contribution >= 4 is 17.7 Å². The maximum Gasteiger partial charge on any atom is 0.336 e. The van der Waals surface area contributed by atoms with Gasteiger partial charge in [0.25, 0.3) is 0 Å². The Balaban J connectivity index is 1.93. The topological polar surface area (TPSA) is 99.7 Å². The van der Waals surface area contributed by atoms with Crippen LogP contribution in [0.25, 0.3) is 0 Å². The summed E-state index contributed by atoms with van der Waals surface area (Å²) in [6, 6.07) is 1.61. The van der Waals surface area contributed by atoms with Gasteiger partial charge in [-0.15, -0.1) is 0 Å². The number of nitrogens with zero attached hydrogens (tertiary/aromatic N) is 3. The summed E-state index contributed by atoms with van der Waals surface area (Å²) in [5.74, 6) is -0.247. The lowest BCUT2D eigenvalue weighted by Gasteiger charge is -2.31. The van der Waals surface area contributed by atoms with Crippen molar-refractivity contribution in [1.82, 2.24) is 14.7 Å². The SMILES string of the molecule is COC(=O)C1CN(C(=O)Cn2ccc(N)n2)CCO1. The lowest BCUT2D eigenvalue weighted by molar-refractivity contribution is -0.162. The quantitative estimate of drug-likeness (QED) is 0.696. The molecule has 2 N–H and O–H groups in total. The molecular formula is C11H16N4O4. The number of methoxy groups -OCH3 is 1. The van der Waals surface area contributed by atoms with Crippen molar-refractivity contribution in [2.24, 2.45) is 0 Å². The normalized spacial score (nSPS) is 19.2. The van der Waals surface area contributed by atoms with Gasteiger partial charge < -0.3 is 20.1 Å². The predicted octanol–water partition coefficient (Wildman–Crippen LogP) is -1.13. The number of esters is 1. The summed E-state index contributed by atoms with van der Waals surface area (Å²) < 4.78 is 11.3. The molecule has 1 aromatic rings. The maximum atomic E-state index is 12.0. The first-order chi connectivity index (χ1) is 9.10. The number of rotatable bonds is 3. The Morgan fingerprint density at radius 3 is 3.05 bits per heavy atom. The molecule has 2 rings (SSSR count). The van der Waals surface area contributed by atoms with Crippen molar-refractivity contribution in [2.45, 2.75) is 12.6 Å². The number of nitrogen functional groups attached to an aromatic ring is 1. The zero-order valence-electron chi connectivity index (χ0n) is 10.6. The van der Waals surface area contributed by atoms with Gasteiger partial charge in [-0.3, -0.25) is 9.48 Å². The molecule has 8 nitrogen and oxygen atoms in total.